The maximum atomic E-state index is 11.7. The first-order valence-electron chi connectivity index (χ1n) is 7.68. The van der Waals surface area contributed by atoms with Crippen LogP contribution in [0.5, 0.6) is 0 Å². The summed E-state index contributed by atoms with van der Waals surface area (Å²) in [5, 5.41) is 16.8. The van der Waals surface area contributed by atoms with E-state index in [2.05, 4.69) is 20.3 Å². The predicted molar refractivity (Wildman–Crippen MR) is 79.2 cm³/mol. The molecule has 0 aromatic carbocycles. The molecule has 1 aromatic heterocycles. The van der Waals surface area contributed by atoms with Gasteiger partial charge in [0.1, 0.15) is 6.54 Å². The third-order valence-corrected chi connectivity index (χ3v) is 3.67. The van der Waals surface area contributed by atoms with Crippen LogP contribution < -0.4 is 5.32 Å². The van der Waals surface area contributed by atoms with Crippen molar-refractivity contribution in [2.24, 2.45) is 0 Å². The Morgan fingerprint density at radius 3 is 2.68 bits per heavy atom. The van der Waals surface area contributed by atoms with E-state index in [1.165, 1.54) is 36.7 Å². The number of likely N-dealkylation sites (tertiary alicyclic amines) is 1. The van der Waals surface area contributed by atoms with Gasteiger partial charge in [0.05, 0.1) is 0 Å². The SMILES string of the molecule is O=C(Cn1cnc([N+](=O)[O-])n1)NCCCN1CCCCCC1. The summed E-state index contributed by atoms with van der Waals surface area (Å²) in [5.74, 6) is -0.704. The Hall–Kier alpha value is -2.03. The van der Waals surface area contributed by atoms with Crippen molar-refractivity contribution in [2.45, 2.75) is 38.6 Å². The minimum atomic E-state index is -0.685. The molecule has 122 valence electrons. The second-order valence-electron chi connectivity index (χ2n) is 5.46. The van der Waals surface area contributed by atoms with Crippen LogP contribution in [-0.4, -0.2) is 56.7 Å². The van der Waals surface area contributed by atoms with Gasteiger partial charge in [0.2, 0.25) is 12.2 Å². The van der Waals surface area contributed by atoms with E-state index in [-0.39, 0.29) is 12.5 Å². The van der Waals surface area contributed by atoms with Crippen molar-refractivity contribution >= 4 is 11.9 Å². The van der Waals surface area contributed by atoms with Crippen LogP contribution in [0.3, 0.4) is 0 Å². The van der Waals surface area contributed by atoms with E-state index in [1.54, 1.807) is 0 Å². The van der Waals surface area contributed by atoms with Crippen molar-refractivity contribution in [2.75, 3.05) is 26.2 Å². The normalized spacial score (nSPS) is 16.2. The number of aromatic nitrogens is 3. The van der Waals surface area contributed by atoms with Crippen LogP contribution in [0.4, 0.5) is 5.95 Å². The zero-order valence-corrected chi connectivity index (χ0v) is 12.6. The van der Waals surface area contributed by atoms with Crippen LogP contribution in [0.1, 0.15) is 32.1 Å². The molecule has 0 saturated carbocycles. The highest BCUT2D eigenvalue weighted by atomic mass is 16.6. The lowest BCUT2D eigenvalue weighted by molar-refractivity contribution is -0.394. The summed E-state index contributed by atoms with van der Waals surface area (Å²) >= 11 is 0. The number of nitrogens with one attached hydrogen (secondary N) is 1. The molecule has 0 spiro atoms. The van der Waals surface area contributed by atoms with Gasteiger partial charge in [-0.2, -0.15) is 4.68 Å². The molecule has 1 fully saturated rings. The predicted octanol–water partition coefficient (Wildman–Crippen LogP) is 0.569. The number of nitro groups is 1. The van der Waals surface area contributed by atoms with Gasteiger partial charge in [-0.15, -0.1) is 0 Å². The van der Waals surface area contributed by atoms with Crippen molar-refractivity contribution in [3.63, 3.8) is 0 Å². The summed E-state index contributed by atoms with van der Waals surface area (Å²) in [6.45, 7) is 3.85. The first-order chi connectivity index (χ1) is 10.6. The molecule has 0 aliphatic carbocycles. The Balaban J connectivity index is 1.61. The highest BCUT2D eigenvalue weighted by Crippen LogP contribution is 2.09. The first kappa shape index (κ1) is 16.3. The van der Waals surface area contributed by atoms with Crippen LogP contribution in [0, 0.1) is 10.1 Å². The van der Waals surface area contributed by atoms with Crippen molar-refractivity contribution in [1.82, 2.24) is 25.0 Å². The van der Waals surface area contributed by atoms with Gasteiger partial charge < -0.3 is 20.3 Å². The van der Waals surface area contributed by atoms with Gasteiger partial charge in [-0.1, -0.05) is 17.8 Å². The summed E-state index contributed by atoms with van der Waals surface area (Å²) < 4.78 is 1.17. The largest absolute Gasteiger partial charge is 0.490 e. The summed E-state index contributed by atoms with van der Waals surface area (Å²) in [5.41, 5.74) is 0. The smallest absolute Gasteiger partial charge is 0.390 e. The molecule has 1 aromatic rings. The van der Waals surface area contributed by atoms with Crippen LogP contribution in [0.25, 0.3) is 0 Å². The number of hydrogen-bond acceptors (Lipinski definition) is 6. The number of carbonyl (C=O) groups is 1. The Labute approximate surface area is 128 Å². The Morgan fingerprint density at radius 1 is 1.32 bits per heavy atom. The van der Waals surface area contributed by atoms with Crippen LogP contribution >= 0.6 is 0 Å². The summed E-state index contributed by atoms with van der Waals surface area (Å²) in [6, 6.07) is 0. The molecule has 2 heterocycles. The van der Waals surface area contributed by atoms with E-state index in [0.29, 0.717) is 6.54 Å². The topological polar surface area (TPSA) is 106 Å². The number of rotatable bonds is 7. The molecule has 9 heteroatoms. The average molecular weight is 310 g/mol. The first-order valence-corrected chi connectivity index (χ1v) is 7.68. The maximum absolute atomic E-state index is 11.7. The zero-order chi connectivity index (χ0) is 15.8. The van der Waals surface area contributed by atoms with Gasteiger partial charge in [0, 0.05) is 11.6 Å². The molecule has 1 aliphatic rings. The molecule has 1 aliphatic heterocycles. The molecule has 2 rings (SSSR count). The Morgan fingerprint density at radius 2 is 2.05 bits per heavy atom. The number of carbonyl (C=O) groups excluding carboxylic acids is 1. The molecule has 9 nitrogen and oxygen atoms in total. The lowest BCUT2D eigenvalue weighted by atomic mass is 10.2. The molecule has 22 heavy (non-hydrogen) atoms. The highest BCUT2D eigenvalue weighted by molar-refractivity contribution is 5.75. The van der Waals surface area contributed by atoms with Gasteiger partial charge in [-0.3, -0.25) is 4.79 Å². The number of hydrogen-bond donors (Lipinski definition) is 1. The average Bonchev–Trinajstić information content (AvgIpc) is 2.79. The molecule has 0 radical (unpaired) electrons. The molecule has 1 amide bonds. The van der Waals surface area contributed by atoms with E-state index < -0.39 is 10.9 Å². The third kappa shape index (κ3) is 5.40. The van der Waals surface area contributed by atoms with Gasteiger partial charge in [-0.05, 0) is 43.8 Å². The second-order valence-corrected chi connectivity index (χ2v) is 5.46. The third-order valence-electron chi connectivity index (χ3n) is 3.67. The minimum absolute atomic E-state index is 0.0510. The Bertz CT molecular complexity index is 496. The standard InChI is InChI=1S/C13H22N6O3/c20-12(10-18-11-15-13(16-18)19(21)22)14-6-5-9-17-7-3-1-2-4-8-17/h11H,1-10H2,(H,14,20). The van der Waals surface area contributed by atoms with Gasteiger partial charge >= 0.3 is 5.95 Å². The van der Waals surface area contributed by atoms with E-state index >= 15 is 0 Å². The maximum Gasteiger partial charge on any atom is 0.490 e. The zero-order valence-electron chi connectivity index (χ0n) is 12.6. The fraction of sp³-hybridized carbons (Fsp3) is 0.769. The number of amides is 1. The van der Waals surface area contributed by atoms with Crippen LogP contribution in [-0.2, 0) is 11.3 Å². The van der Waals surface area contributed by atoms with Gasteiger partial charge in [0.15, 0.2) is 0 Å². The summed E-state index contributed by atoms with van der Waals surface area (Å²) in [7, 11) is 0. The van der Waals surface area contributed by atoms with E-state index in [1.807, 2.05) is 0 Å². The van der Waals surface area contributed by atoms with Crippen LogP contribution in [0.2, 0.25) is 0 Å². The molecule has 0 bridgehead atoms. The van der Waals surface area contributed by atoms with Crippen molar-refractivity contribution in [3.8, 4) is 0 Å². The highest BCUT2D eigenvalue weighted by Gasteiger charge is 2.15. The van der Waals surface area contributed by atoms with E-state index in [9.17, 15) is 14.9 Å². The lowest BCUT2D eigenvalue weighted by Gasteiger charge is -2.19. The fourth-order valence-corrected chi connectivity index (χ4v) is 2.54. The molecule has 1 saturated heterocycles. The number of nitrogens with zero attached hydrogens (tertiary/aromatic N) is 5. The van der Waals surface area contributed by atoms with Crippen molar-refractivity contribution in [3.05, 3.63) is 16.4 Å². The van der Waals surface area contributed by atoms with E-state index in [4.69, 9.17) is 0 Å². The minimum Gasteiger partial charge on any atom is -0.390 e. The lowest BCUT2D eigenvalue weighted by Crippen LogP contribution is -2.32. The molecule has 0 atom stereocenters. The van der Waals surface area contributed by atoms with Crippen molar-refractivity contribution < 1.29 is 9.72 Å². The summed E-state index contributed by atoms with van der Waals surface area (Å²) in [6.07, 6.45) is 7.25. The van der Waals surface area contributed by atoms with Crippen LogP contribution in [0.15, 0.2) is 6.33 Å². The monoisotopic (exact) mass is 310 g/mol. The molecule has 1 N–H and O–H groups in total. The quantitative estimate of drug-likeness (QED) is 0.448. The van der Waals surface area contributed by atoms with E-state index in [0.717, 1.165) is 26.1 Å². The fourth-order valence-electron chi connectivity index (χ4n) is 2.54. The second kappa shape index (κ2) is 8.42. The summed E-state index contributed by atoms with van der Waals surface area (Å²) in [4.78, 5) is 27.4. The molecular formula is C13H22N6O3. The van der Waals surface area contributed by atoms with Gasteiger partial charge in [-0.25, -0.2) is 0 Å². The molecule has 0 unspecified atom stereocenters. The Kier molecular flexibility index (Phi) is 6.26. The van der Waals surface area contributed by atoms with Crippen molar-refractivity contribution in [1.29, 1.82) is 0 Å². The van der Waals surface area contributed by atoms with Gasteiger partial charge in [0.25, 0.3) is 0 Å². The molecular weight excluding hydrogens is 288 g/mol.